The van der Waals surface area contributed by atoms with Crippen molar-refractivity contribution in [2.45, 2.75) is 45.1 Å². The zero-order valence-corrected chi connectivity index (χ0v) is 18.5. The molecule has 0 saturated heterocycles. The number of nitrogens with one attached hydrogen (secondary N) is 2. The summed E-state index contributed by atoms with van der Waals surface area (Å²) >= 11 is 5.40. The smallest absolute Gasteiger partial charge is 0.243 e. The zero-order valence-electron chi connectivity index (χ0n) is 16.9. The van der Waals surface area contributed by atoms with Crippen LogP contribution in [0.1, 0.15) is 44.9 Å². The third-order valence-electron chi connectivity index (χ3n) is 4.69. The van der Waals surface area contributed by atoms with Crippen LogP contribution >= 0.6 is 12.2 Å². The Bertz CT molecular complexity index is 875. The van der Waals surface area contributed by atoms with Gasteiger partial charge in [-0.25, -0.2) is 8.42 Å². The number of hydrogen-bond donors (Lipinski definition) is 2. The highest BCUT2D eigenvalue weighted by atomic mass is 32.2. The van der Waals surface area contributed by atoms with Crippen molar-refractivity contribution in [1.29, 1.82) is 0 Å². The lowest BCUT2D eigenvalue weighted by Crippen LogP contribution is -2.31. The lowest BCUT2D eigenvalue weighted by atomic mass is 10.1. The van der Waals surface area contributed by atoms with E-state index in [2.05, 4.69) is 29.7 Å². The van der Waals surface area contributed by atoms with Crippen LogP contribution in [0, 0.1) is 0 Å². The van der Waals surface area contributed by atoms with Gasteiger partial charge in [-0.2, -0.15) is 4.31 Å². The SMILES string of the molecule is CCc1ccc(NC(=S)N[C@H](C)c2ccc(S(=O)(=O)N(CC)CC)cc2)cc1. The summed E-state index contributed by atoms with van der Waals surface area (Å²) in [6, 6.07) is 15.1. The van der Waals surface area contributed by atoms with Crippen molar-refractivity contribution in [1.82, 2.24) is 9.62 Å². The molecule has 152 valence electrons. The molecule has 0 aliphatic carbocycles. The van der Waals surface area contributed by atoms with Crippen LogP contribution in [0.5, 0.6) is 0 Å². The van der Waals surface area contributed by atoms with E-state index in [0.717, 1.165) is 17.7 Å². The molecule has 0 heterocycles. The maximum absolute atomic E-state index is 12.6. The molecule has 7 heteroatoms. The van der Waals surface area contributed by atoms with Gasteiger partial charge in [-0.1, -0.05) is 45.0 Å². The predicted octanol–water partition coefficient (Wildman–Crippen LogP) is 4.33. The van der Waals surface area contributed by atoms with Crippen molar-refractivity contribution in [2.75, 3.05) is 18.4 Å². The van der Waals surface area contributed by atoms with Crippen molar-refractivity contribution >= 4 is 33.0 Å². The highest BCUT2D eigenvalue weighted by Gasteiger charge is 2.21. The third-order valence-corrected chi connectivity index (χ3v) is 6.97. The van der Waals surface area contributed by atoms with E-state index >= 15 is 0 Å². The van der Waals surface area contributed by atoms with Gasteiger partial charge in [0, 0.05) is 18.8 Å². The summed E-state index contributed by atoms with van der Waals surface area (Å²) in [5.74, 6) is 0. The van der Waals surface area contributed by atoms with Gasteiger partial charge in [0.1, 0.15) is 0 Å². The Hall–Kier alpha value is -1.96. The van der Waals surface area contributed by atoms with Crippen molar-refractivity contribution in [3.63, 3.8) is 0 Å². The van der Waals surface area contributed by atoms with Crippen LogP contribution in [-0.4, -0.2) is 30.9 Å². The fraction of sp³-hybridized carbons (Fsp3) is 0.381. The molecule has 0 saturated carbocycles. The molecule has 0 radical (unpaired) electrons. The first-order valence-corrected chi connectivity index (χ1v) is 11.4. The Morgan fingerprint density at radius 1 is 1.00 bits per heavy atom. The molecule has 0 unspecified atom stereocenters. The second-order valence-electron chi connectivity index (χ2n) is 6.53. The van der Waals surface area contributed by atoms with Crippen molar-refractivity contribution < 1.29 is 8.42 Å². The molecule has 1 atom stereocenters. The summed E-state index contributed by atoms with van der Waals surface area (Å²) < 4.78 is 26.6. The normalized spacial score (nSPS) is 12.6. The van der Waals surface area contributed by atoms with Crippen LogP contribution in [0.4, 0.5) is 5.69 Å². The first kappa shape index (κ1) is 22.3. The van der Waals surface area contributed by atoms with Gasteiger partial charge in [0.05, 0.1) is 10.9 Å². The number of hydrogen-bond acceptors (Lipinski definition) is 3. The first-order chi connectivity index (χ1) is 13.3. The zero-order chi connectivity index (χ0) is 20.7. The third kappa shape index (κ3) is 5.53. The molecule has 0 bridgehead atoms. The quantitative estimate of drug-likeness (QED) is 0.624. The van der Waals surface area contributed by atoms with E-state index in [4.69, 9.17) is 12.2 Å². The maximum Gasteiger partial charge on any atom is 0.243 e. The van der Waals surface area contributed by atoms with Gasteiger partial charge in [0.2, 0.25) is 10.0 Å². The Morgan fingerprint density at radius 2 is 1.57 bits per heavy atom. The standard InChI is InChI=1S/C21H29N3O2S2/c1-5-17-8-12-19(13-9-17)23-21(27)22-16(4)18-10-14-20(15-11-18)28(25,26)24(6-2)7-3/h8-16H,5-7H2,1-4H3,(H2,22,23,27)/t16-/m1/s1. The summed E-state index contributed by atoms with van der Waals surface area (Å²) in [7, 11) is -3.44. The van der Waals surface area contributed by atoms with E-state index in [-0.39, 0.29) is 6.04 Å². The Labute approximate surface area is 174 Å². The highest BCUT2D eigenvalue weighted by molar-refractivity contribution is 7.89. The molecule has 28 heavy (non-hydrogen) atoms. The summed E-state index contributed by atoms with van der Waals surface area (Å²) in [5.41, 5.74) is 3.17. The minimum absolute atomic E-state index is 0.0554. The Kier molecular flexibility index (Phi) is 7.98. The number of thiocarbonyl (C=S) groups is 1. The van der Waals surface area contributed by atoms with Crippen molar-refractivity contribution in [3.8, 4) is 0 Å². The van der Waals surface area contributed by atoms with Crippen LogP contribution in [0.3, 0.4) is 0 Å². The number of rotatable bonds is 8. The molecule has 5 nitrogen and oxygen atoms in total. The molecule has 2 aromatic rings. The molecular formula is C21H29N3O2S2. The van der Waals surface area contributed by atoms with E-state index < -0.39 is 10.0 Å². The van der Waals surface area contributed by atoms with Crippen LogP contribution in [0.2, 0.25) is 0 Å². The fourth-order valence-electron chi connectivity index (χ4n) is 2.91. The summed E-state index contributed by atoms with van der Waals surface area (Å²) in [6.07, 6.45) is 1.000. The average Bonchev–Trinajstić information content (AvgIpc) is 2.69. The van der Waals surface area contributed by atoms with E-state index in [0.29, 0.717) is 23.1 Å². The molecule has 2 rings (SSSR count). The van der Waals surface area contributed by atoms with Crippen LogP contribution < -0.4 is 10.6 Å². The van der Waals surface area contributed by atoms with Gasteiger partial charge in [0.15, 0.2) is 5.11 Å². The van der Waals surface area contributed by atoms with E-state index in [9.17, 15) is 8.42 Å². The van der Waals surface area contributed by atoms with Gasteiger partial charge in [0.25, 0.3) is 0 Å². The van der Waals surface area contributed by atoms with Gasteiger partial charge < -0.3 is 10.6 Å². The molecule has 0 fully saturated rings. The molecule has 0 amide bonds. The molecule has 0 spiro atoms. The van der Waals surface area contributed by atoms with Crippen LogP contribution in [0.25, 0.3) is 0 Å². The van der Waals surface area contributed by atoms with Crippen molar-refractivity contribution in [3.05, 3.63) is 59.7 Å². The second-order valence-corrected chi connectivity index (χ2v) is 8.88. The summed E-state index contributed by atoms with van der Waals surface area (Å²) in [6.45, 7) is 8.70. The van der Waals surface area contributed by atoms with Gasteiger partial charge in [-0.3, -0.25) is 0 Å². The minimum Gasteiger partial charge on any atom is -0.356 e. The number of sulfonamides is 1. The Balaban J connectivity index is 2.02. The second kappa shape index (κ2) is 10.0. The first-order valence-electron chi connectivity index (χ1n) is 9.58. The van der Waals surface area contributed by atoms with Crippen LogP contribution in [0.15, 0.2) is 53.4 Å². The number of anilines is 1. The number of nitrogens with zero attached hydrogens (tertiary/aromatic N) is 1. The minimum atomic E-state index is -3.44. The van der Waals surface area contributed by atoms with Crippen LogP contribution in [-0.2, 0) is 16.4 Å². The lowest BCUT2D eigenvalue weighted by Gasteiger charge is -2.20. The molecule has 2 aromatic carbocycles. The Morgan fingerprint density at radius 3 is 2.07 bits per heavy atom. The lowest BCUT2D eigenvalue weighted by molar-refractivity contribution is 0.445. The van der Waals surface area contributed by atoms with E-state index in [1.807, 2.05) is 45.0 Å². The summed E-state index contributed by atoms with van der Waals surface area (Å²) in [4.78, 5) is 0.309. The molecule has 0 aliphatic heterocycles. The molecule has 2 N–H and O–H groups in total. The molecule has 0 aliphatic rings. The fourth-order valence-corrected chi connectivity index (χ4v) is 4.66. The molecular weight excluding hydrogens is 390 g/mol. The topological polar surface area (TPSA) is 61.4 Å². The van der Waals surface area contributed by atoms with E-state index in [1.54, 1.807) is 12.1 Å². The number of aryl methyl sites for hydroxylation is 1. The monoisotopic (exact) mass is 419 g/mol. The van der Waals surface area contributed by atoms with Gasteiger partial charge >= 0.3 is 0 Å². The van der Waals surface area contributed by atoms with Crippen molar-refractivity contribution in [2.24, 2.45) is 0 Å². The largest absolute Gasteiger partial charge is 0.356 e. The maximum atomic E-state index is 12.6. The average molecular weight is 420 g/mol. The number of benzene rings is 2. The highest BCUT2D eigenvalue weighted by Crippen LogP contribution is 2.19. The summed E-state index contributed by atoms with van der Waals surface area (Å²) in [5, 5.41) is 6.94. The molecule has 0 aromatic heterocycles. The van der Waals surface area contributed by atoms with Gasteiger partial charge in [-0.15, -0.1) is 0 Å². The predicted molar refractivity (Wildman–Crippen MR) is 120 cm³/mol. The van der Waals surface area contributed by atoms with Gasteiger partial charge in [-0.05, 0) is 61.0 Å². The van der Waals surface area contributed by atoms with E-state index in [1.165, 1.54) is 9.87 Å².